The van der Waals surface area contributed by atoms with E-state index in [1.165, 1.54) is 10.9 Å². The number of fused-ring (bicyclic) bond motifs is 1. The molecule has 0 bridgehead atoms. The fourth-order valence-corrected chi connectivity index (χ4v) is 2.23. The number of benzene rings is 3. The molecule has 3 aromatic rings. The monoisotopic (exact) mass is 248 g/mol. The van der Waals surface area contributed by atoms with Crippen molar-refractivity contribution in [1.82, 2.24) is 0 Å². The van der Waals surface area contributed by atoms with Gasteiger partial charge in [-0.15, -0.1) is 0 Å². The fraction of sp³-hybridized carbons (Fsp3) is 0.111. The van der Waals surface area contributed by atoms with E-state index in [0.717, 1.165) is 23.3 Å². The van der Waals surface area contributed by atoms with Crippen LogP contribution in [0.1, 0.15) is 12.5 Å². The van der Waals surface area contributed by atoms with Crippen LogP contribution in [0.5, 0.6) is 11.5 Å². The van der Waals surface area contributed by atoms with Gasteiger partial charge in [-0.2, -0.15) is 0 Å². The van der Waals surface area contributed by atoms with Crippen molar-refractivity contribution in [3.05, 3.63) is 72.3 Å². The summed E-state index contributed by atoms with van der Waals surface area (Å²) in [4.78, 5) is 0. The molecular weight excluding hydrogens is 232 g/mol. The van der Waals surface area contributed by atoms with Gasteiger partial charge < -0.3 is 4.74 Å². The Kier molecular flexibility index (Phi) is 3.20. The minimum absolute atomic E-state index is 0.870. The summed E-state index contributed by atoms with van der Waals surface area (Å²) in [5.41, 5.74) is 1.35. The molecule has 0 saturated heterocycles. The van der Waals surface area contributed by atoms with E-state index in [0.29, 0.717) is 0 Å². The van der Waals surface area contributed by atoms with Crippen molar-refractivity contribution in [3.63, 3.8) is 0 Å². The number of ether oxygens (including phenoxy) is 1. The topological polar surface area (TPSA) is 9.23 Å². The van der Waals surface area contributed by atoms with E-state index in [4.69, 9.17) is 4.74 Å². The second kappa shape index (κ2) is 5.15. The van der Waals surface area contributed by atoms with E-state index >= 15 is 0 Å². The lowest BCUT2D eigenvalue weighted by Crippen LogP contribution is -1.87. The van der Waals surface area contributed by atoms with Crippen molar-refractivity contribution in [2.24, 2.45) is 0 Å². The molecule has 0 saturated carbocycles. The smallest absolute Gasteiger partial charge is 0.135 e. The summed E-state index contributed by atoms with van der Waals surface area (Å²) in [5, 5.41) is 2.39. The van der Waals surface area contributed by atoms with Crippen molar-refractivity contribution < 1.29 is 4.74 Å². The maximum Gasteiger partial charge on any atom is 0.135 e. The molecule has 0 aliphatic rings. The first kappa shape index (κ1) is 11.8. The SMILES string of the molecule is CCc1ccc2c(Oc3ccccc3)cccc2c1. The molecule has 0 fully saturated rings. The molecule has 0 radical (unpaired) electrons. The van der Waals surface area contributed by atoms with E-state index in [1.54, 1.807) is 0 Å². The van der Waals surface area contributed by atoms with Crippen LogP contribution >= 0.6 is 0 Å². The van der Waals surface area contributed by atoms with Gasteiger partial charge in [-0.25, -0.2) is 0 Å². The highest BCUT2D eigenvalue weighted by Crippen LogP contribution is 2.30. The minimum atomic E-state index is 0.870. The zero-order chi connectivity index (χ0) is 13.1. The van der Waals surface area contributed by atoms with Crippen LogP contribution in [0.2, 0.25) is 0 Å². The number of rotatable bonds is 3. The van der Waals surface area contributed by atoms with Crippen LogP contribution in [0.25, 0.3) is 10.8 Å². The summed E-state index contributed by atoms with van der Waals surface area (Å²) in [6.45, 7) is 2.17. The van der Waals surface area contributed by atoms with E-state index in [2.05, 4.69) is 31.2 Å². The Morgan fingerprint density at radius 1 is 0.842 bits per heavy atom. The highest BCUT2D eigenvalue weighted by Gasteiger charge is 2.03. The summed E-state index contributed by atoms with van der Waals surface area (Å²) in [6, 6.07) is 22.6. The van der Waals surface area contributed by atoms with E-state index < -0.39 is 0 Å². The molecule has 0 aliphatic carbocycles. The van der Waals surface area contributed by atoms with Crippen molar-refractivity contribution in [2.45, 2.75) is 13.3 Å². The molecule has 1 heteroatoms. The molecule has 0 aliphatic heterocycles. The molecule has 19 heavy (non-hydrogen) atoms. The predicted octanol–water partition coefficient (Wildman–Crippen LogP) is 5.19. The van der Waals surface area contributed by atoms with Crippen LogP contribution in [0, 0.1) is 0 Å². The molecule has 94 valence electrons. The summed E-state index contributed by atoms with van der Waals surface area (Å²) in [5.74, 6) is 1.78. The zero-order valence-electron chi connectivity index (χ0n) is 11.0. The summed E-state index contributed by atoms with van der Waals surface area (Å²) >= 11 is 0. The second-order valence-corrected chi connectivity index (χ2v) is 4.58. The highest BCUT2D eigenvalue weighted by molar-refractivity contribution is 5.89. The van der Waals surface area contributed by atoms with Crippen LogP contribution in [-0.2, 0) is 6.42 Å². The molecule has 0 aromatic heterocycles. The Morgan fingerprint density at radius 2 is 1.68 bits per heavy atom. The third-order valence-corrected chi connectivity index (χ3v) is 3.28. The van der Waals surface area contributed by atoms with Gasteiger partial charge in [-0.05, 0) is 35.6 Å². The van der Waals surface area contributed by atoms with Crippen LogP contribution < -0.4 is 4.74 Å². The first-order valence-electron chi connectivity index (χ1n) is 6.61. The molecule has 0 heterocycles. The summed E-state index contributed by atoms with van der Waals surface area (Å²) in [7, 11) is 0. The molecule has 0 amide bonds. The zero-order valence-corrected chi connectivity index (χ0v) is 11.0. The van der Waals surface area contributed by atoms with Gasteiger partial charge in [-0.1, -0.05) is 55.5 Å². The maximum absolute atomic E-state index is 5.97. The third kappa shape index (κ3) is 2.45. The van der Waals surface area contributed by atoms with E-state index in [9.17, 15) is 0 Å². The van der Waals surface area contributed by atoms with Crippen LogP contribution in [0.4, 0.5) is 0 Å². The molecule has 1 nitrogen and oxygen atoms in total. The molecule has 3 rings (SSSR count). The number of aryl methyl sites for hydroxylation is 1. The van der Waals surface area contributed by atoms with E-state index in [-0.39, 0.29) is 0 Å². The first-order valence-corrected chi connectivity index (χ1v) is 6.61. The van der Waals surface area contributed by atoms with Gasteiger partial charge >= 0.3 is 0 Å². The van der Waals surface area contributed by atoms with Gasteiger partial charge in [0.25, 0.3) is 0 Å². The molecule has 0 atom stereocenters. The Bertz CT molecular complexity index is 686. The van der Waals surface area contributed by atoms with Crippen LogP contribution in [0.15, 0.2) is 66.7 Å². The number of hydrogen-bond donors (Lipinski definition) is 0. The molecular formula is C18H16O. The molecule has 0 spiro atoms. The van der Waals surface area contributed by atoms with Crippen molar-refractivity contribution in [3.8, 4) is 11.5 Å². The summed E-state index contributed by atoms with van der Waals surface area (Å²) < 4.78 is 5.97. The van der Waals surface area contributed by atoms with Gasteiger partial charge in [0.05, 0.1) is 0 Å². The molecule has 0 unspecified atom stereocenters. The van der Waals surface area contributed by atoms with Crippen LogP contribution in [-0.4, -0.2) is 0 Å². The second-order valence-electron chi connectivity index (χ2n) is 4.58. The lowest BCUT2D eigenvalue weighted by molar-refractivity contribution is 0.488. The Labute approximate surface area is 113 Å². The lowest BCUT2D eigenvalue weighted by atomic mass is 10.0. The largest absolute Gasteiger partial charge is 0.457 e. The Morgan fingerprint density at radius 3 is 2.47 bits per heavy atom. The number of hydrogen-bond acceptors (Lipinski definition) is 1. The van der Waals surface area contributed by atoms with Gasteiger partial charge in [0.2, 0.25) is 0 Å². The Hall–Kier alpha value is -2.28. The average Bonchev–Trinajstić information content (AvgIpc) is 2.48. The van der Waals surface area contributed by atoms with Crippen molar-refractivity contribution >= 4 is 10.8 Å². The minimum Gasteiger partial charge on any atom is -0.457 e. The Balaban J connectivity index is 2.04. The molecule has 3 aromatic carbocycles. The van der Waals surface area contributed by atoms with Gasteiger partial charge in [0, 0.05) is 5.39 Å². The first-order chi connectivity index (χ1) is 9.36. The average molecular weight is 248 g/mol. The third-order valence-electron chi connectivity index (χ3n) is 3.28. The fourth-order valence-electron chi connectivity index (χ4n) is 2.23. The quantitative estimate of drug-likeness (QED) is 0.619. The van der Waals surface area contributed by atoms with Gasteiger partial charge in [0.1, 0.15) is 11.5 Å². The number of para-hydroxylation sites is 1. The van der Waals surface area contributed by atoms with Crippen molar-refractivity contribution in [2.75, 3.05) is 0 Å². The highest BCUT2D eigenvalue weighted by atomic mass is 16.5. The normalized spacial score (nSPS) is 10.6. The van der Waals surface area contributed by atoms with Gasteiger partial charge in [-0.3, -0.25) is 0 Å². The lowest BCUT2D eigenvalue weighted by Gasteiger charge is -2.09. The molecule has 0 N–H and O–H groups in total. The predicted molar refractivity (Wildman–Crippen MR) is 79.8 cm³/mol. The van der Waals surface area contributed by atoms with Crippen LogP contribution in [0.3, 0.4) is 0 Å². The summed E-state index contributed by atoms with van der Waals surface area (Å²) in [6.07, 6.45) is 1.06. The maximum atomic E-state index is 5.97. The van der Waals surface area contributed by atoms with E-state index in [1.807, 2.05) is 42.5 Å². The van der Waals surface area contributed by atoms with Gasteiger partial charge in [0.15, 0.2) is 0 Å². The van der Waals surface area contributed by atoms with Crippen molar-refractivity contribution in [1.29, 1.82) is 0 Å². The standard InChI is InChI=1S/C18H16O/c1-2-14-11-12-17-15(13-14)7-6-10-18(17)19-16-8-4-3-5-9-16/h3-13H,2H2,1H3.